The molecule has 0 aliphatic rings. The number of carbonyl (C=O) groups excluding carboxylic acids is 2. The van der Waals surface area contributed by atoms with Gasteiger partial charge in [-0.2, -0.15) is 4.31 Å². The molecule has 2 atom stereocenters. The molecule has 2 amide bonds. The lowest BCUT2D eigenvalue weighted by Crippen LogP contribution is -2.48. The van der Waals surface area contributed by atoms with Gasteiger partial charge in [0.1, 0.15) is 6.04 Å². The van der Waals surface area contributed by atoms with Crippen molar-refractivity contribution in [1.82, 2.24) is 14.9 Å². The molecule has 0 heterocycles. The Kier molecular flexibility index (Phi) is 11.5. The van der Waals surface area contributed by atoms with E-state index in [1.165, 1.54) is 35.7 Å². The average molecular weight is 585 g/mol. The number of nitrogens with zero attached hydrogens (tertiary/aromatic N) is 1. The zero-order valence-corrected chi connectivity index (χ0v) is 24.6. The van der Waals surface area contributed by atoms with Gasteiger partial charge in [-0.25, -0.2) is 13.2 Å². The summed E-state index contributed by atoms with van der Waals surface area (Å²) in [6, 6.07) is 18.0. The van der Waals surface area contributed by atoms with Crippen LogP contribution in [0.15, 0.2) is 71.6 Å². The number of aliphatic hydroxyl groups is 1. The largest absolute Gasteiger partial charge is 0.453 e. The molecule has 0 saturated carbocycles. The number of ether oxygens (including phenoxy) is 1. The molecule has 0 aliphatic carbocycles. The maximum Gasteiger partial charge on any atom is 0.407 e. The number of nitrogens with two attached hydrogens (primary N) is 1. The molecule has 3 aromatic carbocycles. The minimum Gasteiger partial charge on any atom is -0.453 e. The molecular formula is C30H40N4O6S. The topological polar surface area (TPSA) is 151 Å². The molecule has 0 aromatic heterocycles. The molecule has 0 aliphatic heterocycles. The van der Waals surface area contributed by atoms with Gasteiger partial charge in [0.2, 0.25) is 15.9 Å². The summed E-state index contributed by atoms with van der Waals surface area (Å²) in [4.78, 5) is 25.3. The molecule has 0 fully saturated rings. The fourth-order valence-electron chi connectivity index (χ4n) is 4.68. The van der Waals surface area contributed by atoms with E-state index in [0.717, 1.165) is 16.3 Å². The van der Waals surface area contributed by atoms with E-state index >= 15 is 0 Å². The first-order chi connectivity index (χ1) is 19.6. The predicted molar refractivity (Wildman–Crippen MR) is 160 cm³/mol. The number of anilines is 1. The van der Waals surface area contributed by atoms with Crippen molar-refractivity contribution in [3.8, 4) is 0 Å². The molecule has 11 heteroatoms. The summed E-state index contributed by atoms with van der Waals surface area (Å²) in [7, 11) is -2.66. The second kappa shape index (κ2) is 14.8. The van der Waals surface area contributed by atoms with Crippen LogP contribution in [-0.2, 0) is 26.0 Å². The second-order valence-electron chi connectivity index (χ2n) is 10.3. The molecular weight excluding hydrogens is 544 g/mol. The highest BCUT2D eigenvalue weighted by atomic mass is 32.2. The summed E-state index contributed by atoms with van der Waals surface area (Å²) >= 11 is 0. The van der Waals surface area contributed by atoms with Gasteiger partial charge >= 0.3 is 6.09 Å². The Balaban J connectivity index is 1.68. The fourth-order valence-corrected chi connectivity index (χ4v) is 6.49. The molecule has 10 nitrogen and oxygen atoms in total. The number of alkyl carbamates (subject to hydrolysis) is 1. The number of nitrogen functional groups attached to an aromatic ring is 1. The summed E-state index contributed by atoms with van der Waals surface area (Å²) in [5, 5.41) is 17.6. The summed E-state index contributed by atoms with van der Waals surface area (Å²) in [6.07, 6.45) is 0.254. The van der Waals surface area contributed by atoms with Crippen LogP contribution < -0.4 is 16.4 Å². The molecule has 3 rings (SSSR count). The van der Waals surface area contributed by atoms with Crippen molar-refractivity contribution in [3.63, 3.8) is 0 Å². The molecule has 0 radical (unpaired) electrons. The van der Waals surface area contributed by atoms with Gasteiger partial charge in [-0.05, 0) is 59.4 Å². The summed E-state index contributed by atoms with van der Waals surface area (Å²) in [6.45, 7) is 3.89. The van der Waals surface area contributed by atoms with Crippen LogP contribution >= 0.6 is 0 Å². The lowest BCUT2D eigenvalue weighted by Gasteiger charge is -2.31. The van der Waals surface area contributed by atoms with E-state index < -0.39 is 34.1 Å². The van der Waals surface area contributed by atoms with Crippen LogP contribution in [0.25, 0.3) is 10.8 Å². The van der Waals surface area contributed by atoms with Gasteiger partial charge in [-0.15, -0.1) is 0 Å². The first-order valence-corrected chi connectivity index (χ1v) is 15.1. The second-order valence-corrected chi connectivity index (χ2v) is 12.2. The lowest BCUT2D eigenvalue weighted by molar-refractivity contribution is -0.123. The minimum absolute atomic E-state index is 0.0199. The summed E-state index contributed by atoms with van der Waals surface area (Å²) in [5.41, 5.74) is 7.08. The van der Waals surface area contributed by atoms with Crippen molar-refractivity contribution in [2.24, 2.45) is 5.92 Å². The van der Waals surface area contributed by atoms with Gasteiger partial charge in [0, 0.05) is 31.2 Å². The Labute approximate surface area is 241 Å². The highest BCUT2D eigenvalue weighted by Crippen LogP contribution is 2.23. The number of carbonyl (C=O) groups is 2. The maximum absolute atomic E-state index is 13.5. The number of benzene rings is 3. The Hall–Kier alpha value is -3.67. The summed E-state index contributed by atoms with van der Waals surface area (Å²) in [5.74, 6) is -0.371. The van der Waals surface area contributed by atoms with Crippen LogP contribution in [0, 0.1) is 5.92 Å². The van der Waals surface area contributed by atoms with Crippen LogP contribution in [0.3, 0.4) is 0 Å². The van der Waals surface area contributed by atoms with E-state index in [9.17, 15) is 23.1 Å². The lowest BCUT2D eigenvalue weighted by atomic mass is 9.98. The first kappa shape index (κ1) is 31.9. The number of rotatable bonds is 14. The smallest absolute Gasteiger partial charge is 0.407 e. The van der Waals surface area contributed by atoms with E-state index in [-0.39, 0.29) is 36.9 Å². The van der Waals surface area contributed by atoms with Crippen LogP contribution in [0.4, 0.5) is 10.5 Å². The molecule has 41 heavy (non-hydrogen) atoms. The number of methoxy groups -OCH3 is 1. The number of sulfonamides is 1. The molecule has 1 unspecified atom stereocenters. The van der Waals surface area contributed by atoms with E-state index in [0.29, 0.717) is 18.5 Å². The SMILES string of the molecule is COC(=O)N[C@@H](Cc1cccc2ccccc12)C(=O)NCCCC(CO)N(CC(C)C)S(=O)(=O)c1ccc(N)cc1. The quantitative estimate of drug-likeness (QED) is 0.168. The van der Waals surface area contributed by atoms with Crippen LogP contribution in [-0.4, -0.2) is 68.7 Å². The van der Waals surface area contributed by atoms with Gasteiger partial charge in [-0.1, -0.05) is 56.3 Å². The van der Waals surface area contributed by atoms with Crippen molar-refractivity contribution in [3.05, 3.63) is 72.3 Å². The van der Waals surface area contributed by atoms with E-state index in [1.54, 1.807) is 0 Å². The molecule has 3 aromatic rings. The third-order valence-corrected chi connectivity index (χ3v) is 8.69. The average Bonchev–Trinajstić information content (AvgIpc) is 2.96. The monoisotopic (exact) mass is 584 g/mol. The fraction of sp³-hybridized carbons (Fsp3) is 0.400. The molecule has 0 spiro atoms. The van der Waals surface area contributed by atoms with Gasteiger partial charge in [0.25, 0.3) is 0 Å². The standard InChI is InChI=1S/C30H40N4O6S/c1-21(2)19-34(41(38,39)26-15-13-24(31)14-16-26)25(20-35)11-7-17-32-29(36)28(33-30(37)40-3)18-23-10-6-9-22-8-4-5-12-27(22)23/h4-6,8-10,12-16,21,25,28,35H,7,11,17-20,31H2,1-3H3,(H,32,36)(H,33,37)/t25?,28-/m0/s1. The predicted octanol–water partition coefficient (Wildman–Crippen LogP) is 3.29. The maximum atomic E-state index is 13.5. The third kappa shape index (κ3) is 8.66. The first-order valence-electron chi connectivity index (χ1n) is 13.6. The van der Waals surface area contributed by atoms with E-state index in [1.807, 2.05) is 56.3 Å². The molecule has 5 N–H and O–H groups in total. The van der Waals surface area contributed by atoms with Crippen molar-refractivity contribution in [2.45, 2.75) is 50.1 Å². The van der Waals surface area contributed by atoms with Crippen LogP contribution in [0.5, 0.6) is 0 Å². The Morgan fingerprint density at radius 2 is 1.71 bits per heavy atom. The van der Waals surface area contributed by atoms with Crippen molar-refractivity contribution >= 4 is 38.5 Å². The highest BCUT2D eigenvalue weighted by Gasteiger charge is 2.31. The Morgan fingerprint density at radius 1 is 1.02 bits per heavy atom. The number of nitrogens with one attached hydrogen (secondary N) is 2. The molecule has 222 valence electrons. The van der Waals surface area contributed by atoms with Gasteiger partial charge in [0.15, 0.2) is 0 Å². The zero-order valence-electron chi connectivity index (χ0n) is 23.7. The Morgan fingerprint density at radius 3 is 2.37 bits per heavy atom. The van der Waals surface area contributed by atoms with Gasteiger partial charge in [0.05, 0.1) is 18.6 Å². The third-order valence-electron chi connectivity index (χ3n) is 6.76. The van der Waals surface area contributed by atoms with Crippen LogP contribution in [0.2, 0.25) is 0 Å². The highest BCUT2D eigenvalue weighted by molar-refractivity contribution is 7.89. The normalized spacial score (nSPS) is 13.2. The molecule has 0 bridgehead atoms. The summed E-state index contributed by atoms with van der Waals surface area (Å²) < 4.78 is 33.0. The van der Waals surface area contributed by atoms with Crippen molar-refractivity contribution < 1.29 is 27.9 Å². The number of hydrogen-bond donors (Lipinski definition) is 4. The van der Waals surface area contributed by atoms with Crippen molar-refractivity contribution in [2.75, 3.05) is 32.5 Å². The number of aliphatic hydroxyl groups excluding tert-OH is 1. The van der Waals surface area contributed by atoms with Gasteiger partial charge in [-0.3, -0.25) is 4.79 Å². The number of fused-ring (bicyclic) bond motifs is 1. The van der Waals surface area contributed by atoms with Crippen molar-refractivity contribution in [1.29, 1.82) is 0 Å². The van der Waals surface area contributed by atoms with E-state index in [4.69, 9.17) is 10.5 Å². The van der Waals surface area contributed by atoms with E-state index in [2.05, 4.69) is 10.6 Å². The minimum atomic E-state index is -3.89. The zero-order chi connectivity index (χ0) is 30.0. The number of hydrogen-bond acceptors (Lipinski definition) is 7. The Bertz CT molecular complexity index is 1410. The number of amides is 2. The molecule has 0 saturated heterocycles. The van der Waals surface area contributed by atoms with Gasteiger partial charge < -0.3 is 26.2 Å². The van der Waals surface area contributed by atoms with Crippen LogP contribution in [0.1, 0.15) is 32.3 Å².